The number of ether oxygens (including phenoxy) is 3. The number of esters is 1. The molecule has 0 bridgehead atoms. The first-order valence-electron chi connectivity index (χ1n) is 5.33. The molecule has 1 fully saturated rings. The van der Waals surface area contributed by atoms with E-state index in [1.54, 1.807) is 6.07 Å². The molecule has 0 aliphatic carbocycles. The van der Waals surface area contributed by atoms with E-state index >= 15 is 0 Å². The Morgan fingerprint density at radius 3 is 2.71 bits per heavy atom. The highest BCUT2D eigenvalue weighted by Crippen LogP contribution is 2.24. The van der Waals surface area contributed by atoms with Crippen LogP contribution in [0.4, 0.5) is 4.39 Å². The molecule has 1 aliphatic heterocycles. The topological polar surface area (TPSA) is 44.8 Å². The Bertz CT molecular complexity index is 413. The van der Waals surface area contributed by atoms with Crippen LogP contribution >= 0.6 is 0 Å². The lowest BCUT2D eigenvalue weighted by Gasteiger charge is -2.23. The van der Waals surface area contributed by atoms with E-state index in [0.29, 0.717) is 18.8 Å². The van der Waals surface area contributed by atoms with Gasteiger partial charge in [-0.2, -0.15) is 0 Å². The molecule has 1 aromatic carbocycles. The fourth-order valence-corrected chi connectivity index (χ4v) is 1.63. The minimum absolute atomic E-state index is 0.0907. The molecule has 0 radical (unpaired) electrons. The zero-order chi connectivity index (χ0) is 12.3. The average molecular weight is 240 g/mol. The van der Waals surface area contributed by atoms with Gasteiger partial charge in [-0.15, -0.1) is 0 Å². The van der Waals surface area contributed by atoms with E-state index in [1.807, 2.05) is 0 Å². The number of halogens is 1. The van der Waals surface area contributed by atoms with Gasteiger partial charge in [-0.25, -0.2) is 9.18 Å². The molecular formula is C12H13FO4. The summed E-state index contributed by atoms with van der Waals surface area (Å²) in [7, 11) is 1.21. The lowest BCUT2D eigenvalue weighted by molar-refractivity contribution is -0.183. The Kier molecular flexibility index (Phi) is 3.71. The van der Waals surface area contributed by atoms with Crippen molar-refractivity contribution in [2.24, 2.45) is 0 Å². The molecule has 0 N–H and O–H groups in total. The molecule has 5 heteroatoms. The van der Waals surface area contributed by atoms with Crippen LogP contribution in [0.3, 0.4) is 0 Å². The van der Waals surface area contributed by atoms with Crippen molar-refractivity contribution in [1.29, 1.82) is 0 Å². The monoisotopic (exact) mass is 240 g/mol. The van der Waals surface area contributed by atoms with Gasteiger partial charge in [0.05, 0.1) is 25.9 Å². The van der Waals surface area contributed by atoms with E-state index in [0.717, 1.165) is 6.42 Å². The van der Waals surface area contributed by atoms with Gasteiger partial charge in [0.1, 0.15) is 5.82 Å². The van der Waals surface area contributed by atoms with Crippen LogP contribution in [-0.4, -0.2) is 26.3 Å². The molecule has 0 atom stereocenters. The molecule has 0 amide bonds. The third-order valence-corrected chi connectivity index (χ3v) is 2.50. The molecule has 1 saturated heterocycles. The number of methoxy groups -OCH3 is 1. The molecule has 1 aliphatic rings. The third-order valence-electron chi connectivity index (χ3n) is 2.50. The minimum Gasteiger partial charge on any atom is -0.465 e. The maximum Gasteiger partial charge on any atom is 0.340 e. The lowest BCUT2D eigenvalue weighted by Crippen LogP contribution is -2.18. The molecular weight excluding hydrogens is 227 g/mol. The number of benzene rings is 1. The summed E-state index contributed by atoms with van der Waals surface area (Å²) in [6.07, 6.45) is 0.282. The quantitative estimate of drug-likeness (QED) is 0.742. The molecule has 1 heterocycles. The van der Waals surface area contributed by atoms with Crippen LogP contribution < -0.4 is 0 Å². The van der Waals surface area contributed by atoms with Gasteiger partial charge in [-0.3, -0.25) is 0 Å². The predicted octanol–water partition coefficient (Wildman–Crippen LogP) is 2.05. The van der Waals surface area contributed by atoms with Crippen molar-refractivity contribution in [3.8, 4) is 0 Å². The highest BCUT2D eigenvalue weighted by atomic mass is 19.1. The van der Waals surface area contributed by atoms with Crippen LogP contribution in [0.15, 0.2) is 18.2 Å². The van der Waals surface area contributed by atoms with E-state index in [4.69, 9.17) is 9.47 Å². The van der Waals surface area contributed by atoms with Crippen molar-refractivity contribution >= 4 is 5.97 Å². The number of hydrogen-bond acceptors (Lipinski definition) is 4. The molecule has 1 aromatic rings. The van der Waals surface area contributed by atoms with Crippen molar-refractivity contribution in [1.82, 2.24) is 0 Å². The molecule has 92 valence electrons. The van der Waals surface area contributed by atoms with Crippen molar-refractivity contribution < 1.29 is 23.4 Å². The normalized spacial score (nSPS) is 16.8. The van der Waals surface area contributed by atoms with E-state index < -0.39 is 18.1 Å². The molecule has 0 saturated carbocycles. The Balaban J connectivity index is 2.20. The van der Waals surface area contributed by atoms with Crippen molar-refractivity contribution in [2.45, 2.75) is 12.7 Å². The highest BCUT2D eigenvalue weighted by Gasteiger charge is 2.19. The third kappa shape index (κ3) is 2.62. The second-order valence-electron chi connectivity index (χ2n) is 3.66. The largest absolute Gasteiger partial charge is 0.465 e. The Hall–Kier alpha value is -1.46. The number of rotatable bonds is 2. The van der Waals surface area contributed by atoms with Gasteiger partial charge in [0.2, 0.25) is 0 Å². The average Bonchev–Trinajstić information content (AvgIpc) is 2.39. The minimum atomic E-state index is -0.695. The first kappa shape index (κ1) is 12.0. The Labute approximate surface area is 98.3 Å². The summed E-state index contributed by atoms with van der Waals surface area (Å²) < 4.78 is 28.8. The predicted molar refractivity (Wildman–Crippen MR) is 57.0 cm³/mol. The zero-order valence-corrected chi connectivity index (χ0v) is 9.44. The van der Waals surface area contributed by atoms with Crippen LogP contribution in [0, 0.1) is 5.82 Å². The molecule has 0 aromatic heterocycles. The van der Waals surface area contributed by atoms with Gasteiger partial charge in [0, 0.05) is 5.56 Å². The molecule has 17 heavy (non-hydrogen) atoms. The van der Waals surface area contributed by atoms with Gasteiger partial charge >= 0.3 is 5.97 Å². The fraction of sp³-hybridized carbons (Fsp3) is 0.417. The van der Waals surface area contributed by atoms with Gasteiger partial charge < -0.3 is 14.2 Å². The second-order valence-corrected chi connectivity index (χ2v) is 3.66. The highest BCUT2D eigenvalue weighted by molar-refractivity contribution is 5.89. The van der Waals surface area contributed by atoms with Gasteiger partial charge in [0.25, 0.3) is 0 Å². The van der Waals surface area contributed by atoms with Crippen LogP contribution in [-0.2, 0) is 14.2 Å². The first-order chi connectivity index (χ1) is 8.22. The summed E-state index contributed by atoms with van der Waals surface area (Å²) >= 11 is 0. The summed E-state index contributed by atoms with van der Waals surface area (Å²) in [5.41, 5.74) is 0.474. The van der Waals surface area contributed by atoms with Crippen LogP contribution in [0.1, 0.15) is 28.6 Å². The number of carbonyl (C=O) groups is 1. The number of carbonyl (C=O) groups excluding carboxylic acids is 1. The molecule has 0 unspecified atom stereocenters. The van der Waals surface area contributed by atoms with Crippen LogP contribution in [0.2, 0.25) is 0 Å². The fourth-order valence-electron chi connectivity index (χ4n) is 1.63. The van der Waals surface area contributed by atoms with E-state index in [1.165, 1.54) is 19.2 Å². The second kappa shape index (κ2) is 5.25. The van der Waals surface area contributed by atoms with Crippen molar-refractivity contribution in [2.75, 3.05) is 20.3 Å². The van der Waals surface area contributed by atoms with Crippen molar-refractivity contribution in [3.05, 3.63) is 35.1 Å². The molecule has 2 rings (SSSR count). The summed E-state index contributed by atoms with van der Waals surface area (Å²) in [4.78, 5) is 11.2. The van der Waals surface area contributed by atoms with E-state index in [-0.39, 0.29) is 5.56 Å². The summed E-state index contributed by atoms with van der Waals surface area (Å²) in [5, 5.41) is 0. The Morgan fingerprint density at radius 1 is 1.41 bits per heavy atom. The van der Waals surface area contributed by atoms with Crippen molar-refractivity contribution in [3.63, 3.8) is 0 Å². The summed E-state index contributed by atoms with van der Waals surface area (Å²) in [5.74, 6) is -1.33. The summed E-state index contributed by atoms with van der Waals surface area (Å²) in [6.45, 7) is 1.18. The smallest absolute Gasteiger partial charge is 0.340 e. The van der Waals surface area contributed by atoms with Crippen LogP contribution in [0.25, 0.3) is 0 Å². The molecule has 0 spiro atoms. The SMILES string of the molecule is COC(=O)c1ccc(C2OCCCO2)cc1F. The maximum absolute atomic E-state index is 13.6. The van der Waals surface area contributed by atoms with E-state index in [2.05, 4.69) is 4.74 Å². The maximum atomic E-state index is 13.6. The van der Waals surface area contributed by atoms with Gasteiger partial charge in [0.15, 0.2) is 6.29 Å². The van der Waals surface area contributed by atoms with Crippen LogP contribution in [0.5, 0.6) is 0 Å². The molecule has 4 nitrogen and oxygen atoms in total. The Morgan fingerprint density at radius 2 is 2.12 bits per heavy atom. The zero-order valence-electron chi connectivity index (χ0n) is 9.44. The van der Waals surface area contributed by atoms with E-state index in [9.17, 15) is 9.18 Å². The van der Waals surface area contributed by atoms with Gasteiger partial charge in [-0.1, -0.05) is 6.07 Å². The standard InChI is InChI=1S/C12H13FO4/c1-15-11(14)9-4-3-8(7-10(9)13)12-16-5-2-6-17-12/h3-4,7,12H,2,5-6H2,1H3. The van der Waals surface area contributed by atoms with Gasteiger partial charge in [-0.05, 0) is 18.6 Å². The number of hydrogen-bond donors (Lipinski definition) is 0. The summed E-state index contributed by atoms with van der Waals surface area (Å²) in [6, 6.07) is 4.21. The lowest BCUT2D eigenvalue weighted by atomic mass is 10.1. The first-order valence-corrected chi connectivity index (χ1v) is 5.33.